The van der Waals surface area contributed by atoms with Crippen LogP contribution < -0.4 is 5.73 Å². The molecular weight excluding hydrogens is 218 g/mol. The number of hydrogen-bond acceptors (Lipinski definition) is 4. The topological polar surface area (TPSA) is 60.2 Å². The molecule has 0 amide bonds. The van der Waals surface area contributed by atoms with Crippen molar-refractivity contribution in [3.05, 3.63) is 22.4 Å². The van der Waals surface area contributed by atoms with Gasteiger partial charge in [-0.1, -0.05) is 6.07 Å². The van der Waals surface area contributed by atoms with Crippen LogP contribution in [0.25, 0.3) is 0 Å². The molecule has 1 atom stereocenters. The minimum absolute atomic E-state index is 0.145. The molecule has 14 heavy (non-hydrogen) atoms. The van der Waals surface area contributed by atoms with Gasteiger partial charge in [-0.3, -0.25) is 0 Å². The van der Waals surface area contributed by atoms with Gasteiger partial charge in [-0.2, -0.15) is 0 Å². The third-order valence-corrected chi connectivity index (χ3v) is 5.34. The quantitative estimate of drug-likeness (QED) is 0.836. The molecule has 1 aromatic rings. The summed E-state index contributed by atoms with van der Waals surface area (Å²) >= 11 is 1.47. The van der Waals surface area contributed by atoms with Crippen LogP contribution in [0, 0.1) is 0 Å². The van der Waals surface area contributed by atoms with Crippen molar-refractivity contribution in [2.75, 3.05) is 6.54 Å². The molecule has 2 N–H and O–H groups in total. The van der Waals surface area contributed by atoms with E-state index in [0.717, 1.165) is 4.88 Å². The lowest BCUT2D eigenvalue weighted by Crippen LogP contribution is -2.22. The molecule has 0 saturated carbocycles. The second-order valence-corrected chi connectivity index (χ2v) is 6.73. The van der Waals surface area contributed by atoms with Crippen molar-refractivity contribution in [3.63, 3.8) is 0 Å². The molecule has 3 nitrogen and oxygen atoms in total. The lowest BCUT2D eigenvalue weighted by atomic mass is 10.3. The van der Waals surface area contributed by atoms with E-state index in [-0.39, 0.29) is 11.0 Å². The van der Waals surface area contributed by atoms with Crippen LogP contribution in [-0.4, -0.2) is 20.2 Å². The molecule has 0 radical (unpaired) electrons. The normalized spacial score (nSPS) is 14.1. The van der Waals surface area contributed by atoms with Crippen LogP contribution in [0.3, 0.4) is 0 Å². The lowest BCUT2D eigenvalue weighted by molar-refractivity contribution is 0.578. The molecule has 0 aliphatic heterocycles. The molecule has 0 bridgehead atoms. The van der Waals surface area contributed by atoms with Gasteiger partial charge in [0.25, 0.3) is 0 Å². The first-order chi connectivity index (χ1) is 6.56. The Labute approximate surface area is 88.9 Å². The molecule has 5 heteroatoms. The highest BCUT2D eigenvalue weighted by Crippen LogP contribution is 2.17. The van der Waals surface area contributed by atoms with Crippen molar-refractivity contribution in [1.29, 1.82) is 0 Å². The average Bonchev–Trinajstić information content (AvgIpc) is 2.56. The molecule has 0 saturated heterocycles. The fourth-order valence-corrected chi connectivity index (χ4v) is 3.68. The van der Waals surface area contributed by atoms with Gasteiger partial charge in [0.2, 0.25) is 0 Å². The number of thiophene rings is 1. The summed E-state index contributed by atoms with van der Waals surface area (Å²) in [5.74, 6) is 0.145. The molecule has 1 unspecified atom stereocenters. The predicted octanol–water partition coefficient (Wildman–Crippen LogP) is 1.40. The fourth-order valence-electron chi connectivity index (χ4n) is 1.15. The second kappa shape index (κ2) is 4.91. The van der Waals surface area contributed by atoms with E-state index < -0.39 is 9.84 Å². The molecule has 1 heterocycles. The number of hydrogen-bond donors (Lipinski definition) is 1. The maximum Gasteiger partial charge on any atom is 0.157 e. The zero-order valence-corrected chi connectivity index (χ0v) is 9.77. The summed E-state index contributed by atoms with van der Waals surface area (Å²) in [4.78, 5) is 0.897. The minimum atomic E-state index is -3.01. The van der Waals surface area contributed by atoms with Crippen LogP contribution in [0.4, 0.5) is 0 Å². The Morgan fingerprint density at radius 1 is 1.57 bits per heavy atom. The molecule has 0 fully saturated rings. The third kappa shape index (κ3) is 3.08. The summed E-state index contributed by atoms with van der Waals surface area (Å²) in [5, 5.41) is 1.55. The molecule has 0 aliphatic rings. The number of nitrogens with two attached hydrogens (primary N) is 1. The summed E-state index contributed by atoms with van der Waals surface area (Å²) in [5.41, 5.74) is 5.34. The van der Waals surface area contributed by atoms with Crippen LogP contribution in [0.15, 0.2) is 17.5 Å². The minimum Gasteiger partial charge on any atom is -0.330 e. The molecule has 0 aromatic carbocycles. The van der Waals surface area contributed by atoms with E-state index in [1.807, 2.05) is 17.5 Å². The van der Waals surface area contributed by atoms with Gasteiger partial charge in [-0.25, -0.2) is 8.42 Å². The summed E-state index contributed by atoms with van der Waals surface area (Å²) < 4.78 is 23.5. The van der Waals surface area contributed by atoms with Gasteiger partial charge < -0.3 is 5.73 Å². The zero-order valence-electron chi connectivity index (χ0n) is 8.14. The monoisotopic (exact) mass is 233 g/mol. The Bertz CT molecular complexity index is 356. The fraction of sp³-hybridized carbons (Fsp3) is 0.556. The van der Waals surface area contributed by atoms with E-state index in [1.165, 1.54) is 11.3 Å². The predicted molar refractivity (Wildman–Crippen MR) is 60.1 cm³/mol. The van der Waals surface area contributed by atoms with Crippen molar-refractivity contribution in [3.8, 4) is 0 Å². The number of rotatable bonds is 5. The van der Waals surface area contributed by atoms with Crippen molar-refractivity contribution in [2.45, 2.75) is 24.3 Å². The Morgan fingerprint density at radius 3 is 2.79 bits per heavy atom. The maximum atomic E-state index is 11.7. The van der Waals surface area contributed by atoms with E-state index in [0.29, 0.717) is 13.0 Å². The summed E-state index contributed by atoms with van der Waals surface area (Å²) in [7, 11) is -3.01. The Morgan fingerprint density at radius 2 is 2.29 bits per heavy atom. The van der Waals surface area contributed by atoms with Crippen LogP contribution >= 0.6 is 11.3 Å². The first-order valence-electron chi connectivity index (χ1n) is 4.50. The van der Waals surface area contributed by atoms with Gasteiger partial charge in [0.15, 0.2) is 9.84 Å². The molecule has 0 spiro atoms. The summed E-state index contributed by atoms with van der Waals surface area (Å²) in [6, 6.07) is 3.71. The van der Waals surface area contributed by atoms with E-state index >= 15 is 0 Å². The van der Waals surface area contributed by atoms with Gasteiger partial charge in [-0.15, -0.1) is 11.3 Å². The van der Waals surface area contributed by atoms with E-state index in [9.17, 15) is 8.42 Å². The molecule has 1 aromatic heterocycles. The Kier molecular flexibility index (Phi) is 4.10. The van der Waals surface area contributed by atoms with Gasteiger partial charge in [0, 0.05) is 4.88 Å². The smallest absolute Gasteiger partial charge is 0.157 e. The van der Waals surface area contributed by atoms with Crippen LogP contribution in [0.5, 0.6) is 0 Å². The SMILES string of the molecule is CC(CCN)S(=O)(=O)Cc1cccs1. The standard InChI is InChI=1S/C9H15NO2S2/c1-8(4-5-10)14(11,12)7-9-3-2-6-13-9/h2-3,6,8H,4-5,7,10H2,1H3. The van der Waals surface area contributed by atoms with Crippen LogP contribution in [0.1, 0.15) is 18.2 Å². The Balaban J connectivity index is 2.67. The number of sulfone groups is 1. The highest BCUT2D eigenvalue weighted by Gasteiger charge is 2.20. The van der Waals surface area contributed by atoms with Gasteiger partial charge in [-0.05, 0) is 31.3 Å². The van der Waals surface area contributed by atoms with Crippen molar-refractivity contribution in [2.24, 2.45) is 5.73 Å². The van der Waals surface area contributed by atoms with Crippen LogP contribution in [0.2, 0.25) is 0 Å². The highest BCUT2D eigenvalue weighted by molar-refractivity contribution is 7.91. The molecule has 1 rings (SSSR count). The van der Waals surface area contributed by atoms with E-state index in [4.69, 9.17) is 5.73 Å². The van der Waals surface area contributed by atoms with Gasteiger partial charge in [0.1, 0.15) is 0 Å². The average molecular weight is 233 g/mol. The van der Waals surface area contributed by atoms with Crippen molar-refractivity contribution >= 4 is 21.2 Å². The highest BCUT2D eigenvalue weighted by atomic mass is 32.2. The van der Waals surface area contributed by atoms with Gasteiger partial charge >= 0.3 is 0 Å². The zero-order chi connectivity index (χ0) is 10.6. The van der Waals surface area contributed by atoms with Gasteiger partial charge in [0.05, 0.1) is 11.0 Å². The summed E-state index contributed by atoms with van der Waals surface area (Å²) in [6.07, 6.45) is 0.535. The Hall–Kier alpha value is -0.390. The van der Waals surface area contributed by atoms with E-state index in [1.54, 1.807) is 6.92 Å². The lowest BCUT2D eigenvalue weighted by Gasteiger charge is -2.10. The third-order valence-electron chi connectivity index (χ3n) is 2.11. The molecule has 80 valence electrons. The van der Waals surface area contributed by atoms with Crippen molar-refractivity contribution < 1.29 is 8.42 Å². The molecule has 0 aliphatic carbocycles. The first-order valence-corrected chi connectivity index (χ1v) is 7.10. The largest absolute Gasteiger partial charge is 0.330 e. The summed E-state index contributed by atoms with van der Waals surface area (Å²) in [6.45, 7) is 2.14. The van der Waals surface area contributed by atoms with Crippen LogP contribution in [-0.2, 0) is 15.6 Å². The molecular formula is C9H15NO2S2. The second-order valence-electron chi connectivity index (χ2n) is 3.27. The maximum absolute atomic E-state index is 11.7. The van der Waals surface area contributed by atoms with Crippen molar-refractivity contribution in [1.82, 2.24) is 0 Å². The van der Waals surface area contributed by atoms with E-state index in [2.05, 4.69) is 0 Å². The first kappa shape index (κ1) is 11.7.